The molecule has 0 radical (unpaired) electrons. The normalized spacial score (nSPS) is 31.7. The lowest BCUT2D eigenvalue weighted by Crippen LogP contribution is -2.35. The quantitative estimate of drug-likeness (QED) is 0.404. The van der Waals surface area contributed by atoms with Gasteiger partial charge >= 0.3 is 5.69 Å². The van der Waals surface area contributed by atoms with Gasteiger partial charge in [-0.15, -0.1) is 0 Å². The first-order valence-electron chi connectivity index (χ1n) is 5.12. The van der Waals surface area contributed by atoms with E-state index in [9.17, 15) is 20.1 Å². The molecule has 0 unspecified atom stereocenters. The van der Waals surface area contributed by atoms with E-state index in [1.807, 2.05) is 0 Å². The standard InChI is InChI=1S/C9H12N2O6S/c12-2-4-5(14)6(15)8(17-4)11-1-3(13)7(18)10-9(11)16/h1,4-6,8,12-15H,2H2,(H,10,16,18)/t4-,5-,6-,8-/m1/s1. The van der Waals surface area contributed by atoms with E-state index in [1.165, 1.54) is 0 Å². The highest BCUT2D eigenvalue weighted by Gasteiger charge is 2.43. The Balaban J connectivity index is 2.42. The smallest absolute Gasteiger partial charge is 0.328 e. The lowest BCUT2D eigenvalue weighted by Gasteiger charge is -2.17. The van der Waals surface area contributed by atoms with E-state index in [-0.39, 0.29) is 10.4 Å². The summed E-state index contributed by atoms with van der Waals surface area (Å²) in [6.45, 7) is -0.502. The molecule has 8 nitrogen and oxygen atoms in total. The number of nitrogens with zero attached hydrogens (tertiary/aromatic N) is 1. The van der Waals surface area contributed by atoms with Crippen LogP contribution in [-0.2, 0) is 4.74 Å². The van der Waals surface area contributed by atoms with Crippen molar-refractivity contribution in [2.24, 2.45) is 0 Å². The first kappa shape index (κ1) is 13.2. The van der Waals surface area contributed by atoms with Gasteiger partial charge in [0.25, 0.3) is 0 Å². The molecule has 9 heteroatoms. The van der Waals surface area contributed by atoms with Crippen LogP contribution in [0.5, 0.6) is 5.75 Å². The third-order valence-corrected chi connectivity index (χ3v) is 3.05. The maximum Gasteiger partial charge on any atom is 0.328 e. The van der Waals surface area contributed by atoms with Crippen LogP contribution in [-0.4, -0.2) is 54.9 Å². The molecule has 18 heavy (non-hydrogen) atoms. The Labute approximate surface area is 106 Å². The number of rotatable bonds is 2. The Bertz CT molecular complexity index is 555. The average molecular weight is 276 g/mol. The topological polar surface area (TPSA) is 128 Å². The van der Waals surface area contributed by atoms with Gasteiger partial charge in [0.1, 0.15) is 18.3 Å². The van der Waals surface area contributed by atoms with E-state index in [0.717, 1.165) is 10.8 Å². The van der Waals surface area contributed by atoms with E-state index in [0.29, 0.717) is 0 Å². The summed E-state index contributed by atoms with van der Waals surface area (Å²) < 4.78 is 5.88. The molecule has 1 aliphatic rings. The van der Waals surface area contributed by atoms with Gasteiger partial charge in [-0.2, -0.15) is 0 Å². The molecule has 1 aromatic heterocycles. The van der Waals surface area contributed by atoms with Crippen molar-refractivity contribution in [1.82, 2.24) is 9.55 Å². The second kappa shape index (κ2) is 4.78. The Morgan fingerprint density at radius 1 is 1.44 bits per heavy atom. The fourth-order valence-corrected chi connectivity index (χ4v) is 1.91. The molecule has 0 saturated carbocycles. The lowest BCUT2D eigenvalue weighted by atomic mass is 10.1. The molecule has 100 valence electrons. The largest absolute Gasteiger partial charge is 0.504 e. The number of aromatic hydroxyl groups is 1. The minimum atomic E-state index is -1.40. The number of aliphatic hydroxyl groups is 3. The zero-order valence-electron chi connectivity index (χ0n) is 9.05. The molecule has 1 fully saturated rings. The number of nitrogens with one attached hydrogen (secondary N) is 1. The number of hydrogen-bond acceptors (Lipinski definition) is 7. The van der Waals surface area contributed by atoms with E-state index >= 15 is 0 Å². The maximum absolute atomic E-state index is 11.6. The van der Waals surface area contributed by atoms with Crippen LogP contribution in [0, 0.1) is 4.64 Å². The summed E-state index contributed by atoms with van der Waals surface area (Å²) in [5, 5.41) is 37.6. The maximum atomic E-state index is 11.6. The van der Waals surface area contributed by atoms with Crippen LogP contribution < -0.4 is 5.69 Å². The van der Waals surface area contributed by atoms with E-state index in [1.54, 1.807) is 0 Å². The summed E-state index contributed by atoms with van der Waals surface area (Å²) in [5.74, 6) is -0.359. The second-order valence-electron chi connectivity index (χ2n) is 3.91. The van der Waals surface area contributed by atoms with E-state index in [2.05, 4.69) is 17.2 Å². The van der Waals surface area contributed by atoms with Gasteiger partial charge in [0.15, 0.2) is 16.6 Å². The van der Waals surface area contributed by atoms with Gasteiger partial charge in [0.2, 0.25) is 0 Å². The number of hydrogen-bond donors (Lipinski definition) is 5. The predicted octanol–water partition coefficient (Wildman–Crippen LogP) is -1.78. The lowest BCUT2D eigenvalue weighted by molar-refractivity contribution is -0.0552. The van der Waals surface area contributed by atoms with Crippen molar-refractivity contribution < 1.29 is 25.2 Å². The summed E-state index contributed by atoms with van der Waals surface area (Å²) >= 11 is 4.66. The summed E-state index contributed by atoms with van der Waals surface area (Å²) in [6, 6.07) is 0. The van der Waals surface area contributed by atoms with Gasteiger partial charge in [-0.25, -0.2) is 4.79 Å². The van der Waals surface area contributed by atoms with E-state index < -0.39 is 36.8 Å². The van der Waals surface area contributed by atoms with Crippen LogP contribution in [0.25, 0.3) is 0 Å². The second-order valence-corrected chi connectivity index (χ2v) is 4.32. The molecule has 2 heterocycles. The highest BCUT2D eigenvalue weighted by atomic mass is 32.1. The molecule has 0 aliphatic carbocycles. The van der Waals surface area contributed by atoms with Crippen molar-refractivity contribution in [2.45, 2.75) is 24.5 Å². The molecule has 1 aromatic rings. The van der Waals surface area contributed by atoms with Crippen LogP contribution in [0.3, 0.4) is 0 Å². The Hall–Kier alpha value is -1.26. The zero-order chi connectivity index (χ0) is 13.4. The van der Waals surface area contributed by atoms with Crippen molar-refractivity contribution in [3.63, 3.8) is 0 Å². The van der Waals surface area contributed by atoms with Crippen LogP contribution in [0.4, 0.5) is 0 Å². The molecule has 0 spiro atoms. The van der Waals surface area contributed by atoms with Crippen molar-refractivity contribution in [2.75, 3.05) is 6.61 Å². The monoisotopic (exact) mass is 276 g/mol. The van der Waals surface area contributed by atoms with Gasteiger partial charge in [-0.1, -0.05) is 12.2 Å². The third kappa shape index (κ3) is 2.06. The van der Waals surface area contributed by atoms with Crippen LogP contribution in [0.1, 0.15) is 6.23 Å². The predicted molar refractivity (Wildman–Crippen MR) is 60.6 cm³/mol. The number of aliphatic hydroxyl groups excluding tert-OH is 3. The van der Waals surface area contributed by atoms with Gasteiger partial charge in [0.05, 0.1) is 12.8 Å². The molecule has 0 amide bonds. The summed E-state index contributed by atoms with van der Waals surface area (Å²) in [4.78, 5) is 13.8. The molecule has 5 N–H and O–H groups in total. The summed E-state index contributed by atoms with van der Waals surface area (Å²) in [6.07, 6.45) is -3.92. The first-order valence-corrected chi connectivity index (χ1v) is 5.53. The van der Waals surface area contributed by atoms with Crippen molar-refractivity contribution in [1.29, 1.82) is 0 Å². The third-order valence-electron chi connectivity index (χ3n) is 2.74. The molecule has 4 atom stereocenters. The van der Waals surface area contributed by atoms with Gasteiger partial charge in [-0.3, -0.25) is 9.55 Å². The van der Waals surface area contributed by atoms with Gasteiger partial charge in [-0.05, 0) is 0 Å². The minimum absolute atomic E-state index is 0.136. The number of aromatic amines is 1. The molecule has 0 aromatic carbocycles. The zero-order valence-corrected chi connectivity index (χ0v) is 9.87. The molecule has 1 aliphatic heterocycles. The number of aromatic nitrogens is 2. The number of ether oxygens (including phenoxy) is 1. The van der Waals surface area contributed by atoms with Gasteiger partial charge < -0.3 is 25.2 Å². The van der Waals surface area contributed by atoms with Crippen LogP contribution >= 0.6 is 12.2 Å². The Morgan fingerprint density at radius 2 is 2.11 bits per heavy atom. The van der Waals surface area contributed by atoms with Crippen LogP contribution in [0.2, 0.25) is 0 Å². The molecular formula is C9H12N2O6S. The highest BCUT2D eigenvalue weighted by Crippen LogP contribution is 2.28. The average Bonchev–Trinajstić information content (AvgIpc) is 2.61. The SMILES string of the molecule is O=c1[nH]c(=S)c(O)cn1[C@@H]1O[C@H](CO)[C@@H](O)[C@H]1O. The summed E-state index contributed by atoms with van der Waals surface area (Å²) in [7, 11) is 0. The summed E-state index contributed by atoms with van der Waals surface area (Å²) in [5.41, 5.74) is -0.701. The van der Waals surface area contributed by atoms with E-state index in [4.69, 9.17) is 9.84 Å². The molecule has 2 rings (SSSR count). The Kier molecular flexibility index (Phi) is 3.50. The molecular weight excluding hydrogens is 264 g/mol. The van der Waals surface area contributed by atoms with Crippen molar-refractivity contribution in [3.8, 4) is 5.75 Å². The highest BCUT2D eigenvalue weighted by molar-refractivity contribution is 7.71. The molecule has 1 saturated heterocycles. The minimum Gasteiger partial charge on any atom is -0.504 e. The first-order chi connectivity index (χ1) is 8.45. The van der Waals surface area contributed by atoms with Gasteiger partial charge in [0, 0.05) is 0 Å². The van der Waals surface area contributed by atoms with Crippen LogP contribution in [0.15, 0.2) is 11.0 Å². The number of H-pyrrole nitrogens is 1. The molecule has 0 bridgehead atoms. The van der Waals surface area contributed by atoms with Crippen molar-refractivity contribution in [3.05, 3.63) is 21.3 Å². The fraction of sp³-hybridized carbons (Fsp3) is 0.556. The Morgan fingerprint density at radius 3 is 2.67 bits per heavy atom. The fourth-order valence-electron chi connectivity index (χ4n) is 1.77. The van der Waals surface area contributed by atoms with Crippen molar-refractivity contribution >= 4 is 12.2 Å².